The van der Waals surface area contributed by atoms with E-state index in [0.717, 1.165) is 58.9 Å². The van der Waals surface area contributed by atoms with Gasteiger partial charge >= 0.3 is 0 Å². The fraction of sp³-hybridized carbons (Fsp3) is 0.158. The molecule has 5 rings (SSSR count). The number of halogens is 1. The van der Waals surface area contributed by atoms with Gasteiger partial charge in [0.1, 0.15) is 5.69 Å². The highest BCUT2D eigenvalue weighted by atomic mass is 19.1. The number of phenols is 1. The molecule has 0 amide bonds. The quantitative estimate of drug-likeness (QED) is 0.448. The molecular formula is C19H16FN5O. The third-order valence-corrected chi connectivity index (χ3v) is 4.77. The number of aromatic hydroxyl groups is 1. The topological polar surface area (TPSA) is 89.6 Å². The van der Waals surface area contributed by atoms with E-state index < -0.39 is 5.82 Å². The Balaban J connectivity index is 1.57. The van der Waals surface area contributed by atoms with Crippen LogP contribution in [0.4, 0.5) is 4.39 Å². The summed E-state index contributed by atoms with van der Waals surface area (Å²) in [6.45, 7) is 1.73. The number of aromatic nitrogens is 4. The summed E-state index contributed by atoms with van der Waals surface area (Å²) in [5.41, 5.74) is 5.36. The molecule has 0 saturated heterocycles. The standard InChI is InChI=1S/C19H16FN5O/c20-13-7-10(2-4-17(13)26)11-1-3-12-15(8-11)24-25-18(12)19-22-14-5-6-21-9-16(14)23-19/h1-4,7-8,21,26H,5-6,9H2,(H,22,23)(H,24,25). The minimum absolute atomic E-state index is 0.352. The minimum Gasteiger partial charge on any atom is -0.505 e. The number of phenolic OH excluding ortho intramolecular Hbond substituents is 1. The van der Waals surface area contributed by atoms with Crippen LogP contribution in [0.15, 0.2) is 36.4 Å². The summed E-state index contributed by atoms with van der Waals surface area (Å²) in [4.78, 5) is 8.04. The van der Waals surface area contributed by atoms with E-state index in [-0.39, 0.29) is 5.75 Å². The van der Waals surface area contributed by atoms with Gasteiger partial charge in [-0.2, -0.15) is 5.10 Å². The maximum atomic E-state index is 13.6. The van der Waals surface area contributed by atoms with Gasteiger partial charge in [0.2, 0.25) is 0 Å². The predicted molar refractivity (Wildman–Crippen MR) is 96.1 cm³/mol. The van der Waals surface area contributed by atoms with E-state index >= 15 is 0 Å². The lowest BCUT2D eigenvalue weighted by Crippen LogP contribution is -2.23. The van der Waals surface area contributed by atoms with Crippen molar-refractivity contribution in [1.29, 1.82) is 0 Å². The van der Waals surface area contributed by atoms with E-state index in [9.17, 15) is 9.50 Å². The second-order valence-corrected chi connectivity index (χ2v) is 6.44. The third-order valence-electron chi connectivity index (χ3n) is 4.77. The van der Waals surface area contributed by atoms with Crippen LogP contribution in [0.25, 0.3) is 33.5 Å². The van der Waals surface area contributed by atoms with Crippen LogP contribution in [-0.4, -0.2) is 31.8 Å². The first-order valence-corrected chi connectivity index (χ1v) is 8.45. The molecule has 4 N–H and O–H groups in total. The molecule has 0 aliphatic carbocycles. The molecule has 130 valence electrons. The van der Waals surface area contributed by atoms with Crippen LogP contribution in [0.3, 0.4) is 0 Å². The van der Waals surface area contributed by atoms with Crippen molar-refractivity contribution in [2.24, 2.45) is 0 Å². The number of nitrogens with one attached hydrogen (secondary N) is 3. The zero-order valence-electron chi connectivity index (χ0n) is 13.8. The van der Waals surface area contributed by atoms with Gasteiger partial charge < -0.3 is 15.4 Å². The maximum absolute atomic E-state index is 13.6. The summed E-state index contributed by atoms with van der Waals surface area (Å²) in [7, 11) is 0. The smallest absolute Gasteiger partial charge is 0.165 e. The third kappa shape index (κ3) is 2.36. The first-order chi connectivity index (χ1) is 12.7. The first kappa shape index (κ1) is 15.1. The van der Waals surface area contributed by atoms with E-state index in [1.165, 1.54) is 12.1 Å². The number of H-pyrrole nitrogens is 2. The first-order valence-electron chi connectivity index (χ1n) is 8.45. The molecule has 0 bridgehead atoms. The Morgan fingerprint density at radius 2 is 1.92 bits per heavy atom. The van der Waals surface area contributed by atoms with Gasteiger partial charge in [0.25, 0.3) is 0 Å². The highest BCUT2D eigenvalue weighted by Gasteiger charge is 2.18. The molecule has 0 atom stereocenters. The Morgan fingerprint density at radius 1 is 1.08 bits per heavy atom. The summed E-state index contributed by atoms with van der Waals surface area (Å²) < 4.78 is 13.6. The summed E-state index contributed by atoms with van der Waals surface area (Å²) in [6, 6.07) is 10.1. The molecule has 26 heavy (non-hydrogen) atoms. The van der Waals surface area contributed by atoms with E-state index in [4.69, 9.17) is 0 Å². The van der Waals surface area contributed by atoms with E-state index in [2.05, 4.69) is 25.5 Å². The number of hydrogen-bond donors (Lipinski definition) is 4. The molecule has 0 fully saturated rings. The van der Waals surface area contributed by atoms with Gasteiger partial charge in [-0.15, -0.1) is 0 Å². The summed E-state index contributed by atoms with van der Waals surface area (Å²) in [6.07, 6.45) is 0.907. The number of fused-ring (bicyclic) bond motifs is 2. The SMILES string of the molecule is Oc1ccc(-c2ccc3c(-c4nc5c([nH]4)CNCC5)n[nH]c3c2)cc1F. The van der Waals surface area contributed by atoms with Crippen LogP contribution in [0, 0.1) is 5.82 Å². The van der Waals surface area contributed by atoms with Gasteiger partial charge in [-0.25, -0.2) is 9.37 Å². The van der Waals surface area contributed by atoms with Crippen molar-refractivity contribution in [3.05, 3.63) is 53.6 Å². The largest absolute Gasteiger partial charge is 0.505 e. The Kier molecular flexibility index (Phi) is 3.29. The molecule has 0 saturated carbocycles. The fourth-order valence-corrected chi connectivity index (χ4v) is 3.40. The second kappa shape index (κ2) is 5.67. The van der Waals surface area contributed by atoms with Crippen LogP contribution in [0.2, 0.25) is 0 Å². The average Bonchev–Trinajstić information content (AvgIpc) is 3.26. The van der Waals surface area contributed by atoms with Crippen LogP contribution in [0.1, 0.15) is 11.4 Å². The lowest BCUT2D eigenvalue weighted by atomic mass is 10.0. The molecule has 4 aromatic rings. The molecule has 0 radical (unpaired) electrons. The van der Waals surface area contributed by atoms with Crippen molar-refractivity contribution in [3.8, 4) is 28.4 Å². The van der Waals surface area contributed by atoms with Crippen molar-refractivity contribution in [1.82, 2.24) is 25.5 Å². The second-order valence-electron chi connectivity index (χ2n) is 6.44. The average molecular weight is 349 g/mol. The number of hydrogen-bond acceptors (Lipinski definition) is 4. The number of nitrogens with zero attached hydrogens (tertiary/aromatic N) is 2. The highest BCUT2D eigenvalue weighted by molar-refractivity contribution is 5.93. The fourth-order valence-electron chi connectivity index (χ4n) is 3.40. The highest BCUT2D eigenvalue weighted by Crippen LogP contribution is 2.31. The van der Waals surface area contributed by atoms with Crippen molar-refractivity contribution in [2.75, 3.05) is 6.54 Å². The molecule has 3 heterocycles. The summed E-state index contributed by atoms with van der Waals surface area (Å²) in [5, 5.41) is 21.1. The van der Waals surface area contributed by atoms with E-state index in [1.807, 2.05) is 18.2 Å². The van der Waals surface area contributed by atoms with Crippen LogP contribution >= 0.6 is 0 Å². The molecule has 1 aliphatic heterocycles. The lowest BCUT2D eigenvalue weighted by Gasteiger charge is -2.09. The van der Waals surface area contributed by atoms with Gasteiger partial charge in [-0.05, 0) is 35.4 Å². The van der Waals surface area contributed by atoms with Crippen LogP contribution < -0.4 is 5.32 Å². The Labute approximate surface area is 148 Å². The molecule has 2 aromatic carbocycles. The van der Waals surface area contributed by atoms with E-state index in [0.29, 0.717) is 5.56 Å². The number of rotatable bonds is 2. The monoisotopic (exact) mass is 349 g/mol. The summed E-state index contributed by atoms with van der Waals surface area (Å²) in [5.74, 6) is -0.231. The van der Waals surface area contributed by atoms with Crippen molar-refractivity contribution < 1.29 is 9.50 Å². The minimum atomic E-state index is -0.636. The number of aromatic amines is 2. The lowest BCUT2D eigenvalue weighted by molar-refractivity contribution is 0.432. The van der Waals surface area contributed by atoms with Gasteiger partial charge in [0.15, 0.2) is 17.4 Å². The van der Waals surface area contributed by atoms with E-state index in [1.54, 1.807) is 6.07 Å². The molecule has 7 heteroatoms. The predicted octanol–water partition coefficient (Wildman–Crippen LogP) is 3.11. The van der Waals surface area contributed by atoms with Gasteiger partial charge in [0.05, 0.1) is 16.9 Å². The van der Waals surface area contributed by atoms with Crippen LogP contribution in [-0.2, 0) is 13.0 Å². The molecule has 1 aliphatic rings. The Bertz CT molecular complexity index is 1110. The molecule has 0 unspecified atom stereocenters. The van der Waals surface area contributed by atoms with Crippen molar-refractivity contribution in [2.45, 2.75) is 13.0 Å². The van der Waals surface area contributed by atoms with Gasteiger partial charge in [0, 0.05) is 24.9 Å². The normalized spacial score (nSPS) is 13.9. The molecule has 0 spiro atoms. The maximum Gasteiger partial charge on any atom is 0.165 e. The van der Waals surface area contributed by atoms with Gasteiger partial charge in [-0.1, -0.05) is 12.1 Å². The molecule has 2 aromatic heterocycles. The molecular weight excluding hydrogens is 333 g/mol. The molecule has 6 nitrogen and oxygen atoms in total. The van der Waals surface area contributed by atoms with Crippen molar-refractivity contribution >= 4 is 10.9 Å². The van der Waals surface area contributed by atoms with Gasteiger partial charge in [-0.3, -0.25) is 5.10 Å². The van der Waals surface area contributed by atoms with Crippen LogP contribution in [0.5, 0.6) is 5.75 Å². The summed E-state index contributed by atoms with van der Waals surface area (Å²) >= 11 is 0. The Morgan fingerprint density at radius 3 is 2.77 bits per heavy atom. The number of imidazole rings is 1. The zero-order valence-corrected chi connectivity index (χ0v) is 13.8. The van der Waals surface area contributed by atoms with Crippen molar-refractivity contribution in [3.63, 3.8) is 0 Å². The number of benzene rings is 2. The Hall–Kier alpha value is -3.19. The zero-order chi connectivity index (χ0) is 17.7.